The average molecular weight is 415 g/mol. The Balaban J connectivity index is 1.46. The lowest BCUT2D eigenvalue weighted by molar-refractivity contribution is -0.130. The number of carbonyl (C=O) groups is 2. The molecular formula is C21H26FN5O3. The van der Waals surface area contributed by atoms with Crippen LogP contribution in [-0.4, -0.2) is 66.0 Å². The summed E-state index contributed by atoms with van der Waals surface area (Å²) in [7, 11) is 0. The molecule has 2 aromatic rings. The lowest BCUT2D eigenvalue weighted by Crippen LogP contribution is -2.51. The standard InChI is InChI=1S/C21H26FN5O3/c1-15(2)13-30-19-11-18(24-14-25-19)26-7-9-27(10-8-26)20(28)12-23-21(29)16-3-5-17(22)6-4-16/h3-6,11,14-15H,7-10,12-13H2,1-2H3,(H,23,29). The fourth-order valence-electron chi connectivity index (χ4n) is 2.99. The molecule has 8 nitrogen and oxygen atoms in total. The number of rotatable bonds is 7. The normalized spacial score (nSPS) is 14.0. The number of halogens is 1. The highest BCUT2D eigenvalue weighted by Crippen LogP contribution is 2.18. The number of amides is 2. The summed E-state index contributed by atoms with van der Waals surface area (Å²) >= 11 is 0. The third kappa shape index (κ3) is 5.88. The molecule has 1 N–H and O–H groups in total. The van der Waals surface area contributed by atoms with Crippen molar-refractivity contribution in [3.05, 3.63) is 48.0 Å². The topological polar surface area (TPSA) is 87.7 Å². The number of benzene rings is 1. The summed E-state index contributed by atoms with van der Waals surface area (Å²) in [5.74, 6) is 0.728. The third-order valence-corrected chi connectivity index (χ3v) is 4.66. The van der Waals surface area contributed by atoms with Gasteiger partial charge in [0, 0.05) is 37.8 Å². The van der Waals surface area contributed by atoms with E-state index in [1.807, 2.05) is 6.07 Å². The van der Waals surface area contributed by atoms with Gasteiger partial charge >= 0.3 is 0 Å². The Morgan fingerprint density at radius 1 is 1.13 bits per heavy atom. The average Bonchev–Trinajstić information content (AvgIpc) is 2.76. The van der Waals surface area contributed by atoms with Crippen molar-refractivity contribution in [2.75, 3.05) is 44.2 Å². The van der Waals surface area contributed by atoms with E-state index in [-0.39, 0.29) is 12.5 Å². The van der Waals surface area contributed by atoms with Crippen molar-refractivity contribution in [1.82, 2.24) is 20.2 Å². The minimum Gasteiger partial charge on any atom is -0.477 e. The first-order valence-electron chi connectivity index (χ1n) is 9.93. The van der Waals surface area contributed by atoms with Gasteiger partial charge in [-0.2, -0.15) is 0 Å². The number of anilines is 1. The predicted octanol–water partition coefficient (Wildman–Crippen LogP) is 1.73. The number of nitrogens with one attached hydrogen (secondary N) is 1. The van der Waals surface area contributed by atoms with E-state index in [4.69, 9.17) is 4.74 Å². The number of hydrogen-bond donors (Lipinski definition) is 1. The van der Waals surface area contributed by atoms with Crippen LogP contribution in [0.15, 0.2) is 36.7 Å². The maximum atomic E-state index is 12.9. The van der Waals surface area contributed by atoms with E-state index in [1.54, 1.807) is 4.90 Å². The number of hydrogen-bond acceptors (Lipinski definition) is 6. The molecule has 1 aromatic heterocycles. The lowest BCUT2D eigenvalue weighted by atomic mass is 10.2. The largest absolute Gasteiger partial charge is 0.477 e. The SMILES string of the molecule is CC(C)COc1cc(N2CCN(C(=O)CNC(=O)c3ccc(F)cc3)CC2)ncn1. The second-order valence-electron chi connectivity index (χ2n) is 7.48. The fourth-order valence-corrected chi connectivity index (χ4v) is 2.99. The number of piperazine rings is 1. The van der Waals surface area contributed by atoms with Crippen LogP contribution in [-0.2, 0) is 4.79 Å². The van der Waals surface area contributed by atoms with E-state index >= 15 is 0 Å². The lowest BCUT2D eigenvalue weighted by Gasteiger charge is -2.35. The monoisotopic (exact) mass is 415 g/mol. The molecule has 3 rings (SSSR count). The minimum absolute atomic E-state index is 0.100. The zero-order valence-electron chi connectivity index (χ0n) is 17.2. The van der Waals surface area contributed by atoms with Crippen molar-refractivity contribution >= 4 is 17.6 Å². The van der Waals surface area contributed by atoms with Gasteiger partial charge in [0.2, 0.25) is 11.8 Å². The molecule has 160 valence electrons. The summed E-state index contributed by atoms with van der Waals surface area (Å²) in [6, 6.07) is 7.00. The summed E-state index contributed by atoms with van der Waals surface area (Å²) in [6.07, 6.45) is 1.48. The Kier molecular flexibility index (Phi) is 7.16. The first-order valence-corrected chi connectivity index (χ1v) is 9.93. The minimum atomic E-state index is -0.414. The van der Waals surface area contributed by atoms with Gasteiger partial charge in [-0.25, -0.2) is 14.4 Å². The maximum Gasteiger partial charge on any atom is 0.251 e. The van der Waals surface area contributed by atoms with Crippen molar-refractivity contribution in [3.8, 4) is 5.88 Å². The number of carbonyl (C=O) groups excluding carboxylic acids is 2. The quantitative estimate of drug-likeness (QED) is 0.741. The van der Waals surface area contributed by atoms with Crippen LogP contribution in [0.1, 0.15) is 24.2 Å². The molecule has 0 atom stereocenters. The van der Waals surface area contributed by atoms with E-state index in [0.717, 1.165) is 5.82 Å². The van der Waals surface area contributed by atoms with Crippen LogP contribution in [0.2, 0.25) is 0 Å². The Morgan fingerprint density at radius 3 is 2.50 bits per heavy atom. The van der Waals surface area contributed by atoms with E-state index in [2.05, 4.69) is 34.0 Å². The van der Waals surface area contributed by atoms with Crippen LogP contribution < -0.4 is 15.0 Å². The van der Waals surface area contributed by atoms with E-state index < -0.39 is 11.7 Å². The Labute approximate surface area is 175 Å². The maximum absolute atomic E-state index is 12.9. The molecule has 2 amide bonds. The number of ether oxygens (including phenoxy) is 1. The van der Waals surface area contributed by atoms with Gasteiger partial charge in [0.25, 0.3) is 5.91 Å². The zero-order valence-corrected chi connectivity index (χ0v) is 17.2. The molecule has 1 aromatic carbocycles. The van der Waals surface area contributed by atoms with Gasteiger partial charge in [0.05, 0.1) is 13.2 Å². The van der Waals surface area contributed by atoms with Gasteiger partial charge < -0.3 is 19.9 Å². The van der Waals surface area contributed by atoms with Gasteiger partial charge in [-0.3, -0.25) is 9.59 Å². The van der Waals surface area contributed by atoms with Crippen LogP contribution >= 0.6 is 0 Å². The molecule has 1 fully saturated rings. The number of nitrogens with zero attached hydrogens (tertiary/aromatic N) is 4. The third-order valence-electron chi connectivity index (χ3n) is 4.66. The van der Waals surface area contributed by atoms with E-state index in [0.29, 0.717) is 50.1 Å². The molecule has 1 aliphatic rings. The molecular weight excluding hydrogens is 389 g/mol. The number of aromatic nitrogens is 2. The summed E-state index contributed by atoms with van der Waals surface area (Å²) in [5.41, 5.74) is 0.313. The first-order chi connectivity index (χ1) is 14.4. The van der Waals surface area contributed by atoms with Crippen molar-refractivity contribution in [3.63, 3.8) is 0 Å². The van der Waals surface area contributed by atoms with Crippen molar-refractivity contribution in [1.29, 1.82) is 0 Å². The van der Waals surface area contributed by atoms with E-state index in [9.17, 15) is 14.0 Å². The summed E-state index contributed by atoms with van der Waals surface area (Å²) < 4.78 is 18.6. The molecule has 2 heterocycles. The van der Waals surface area contributed by atoms with Gasteiger partial charge in [-0.05, 0) is 30.2 Å². The Morgan fingerprint density at radius 2 is 1.83 bits per heavy atom. The summed E-state index contributed by atoms with van der Waals surface area (Å²) in [4.78, 5) is 36.7. The molecule has 0 spiro atoms. The summed E-state index contributed by atoms with van der Waals surface area (Å²) in [5, 5.41) is 2.59. The molecule has 0 radical (unpaired) electrons. The van der Waals surface area contributed by atoms with Crippen LogP contribution in [0, 0.1) is 11.7 Å². The van der Waals surface area contributed by atoms with Crippen LogP contribution in [0.3, 0.4) is 0 Å². The van der Waals surface area contributed by atoms with Gasteiger partial charge in [-0.15, -0.1) is 0 Å². The molecule has 0 aliphatic carbocycles. The fraction of sp³-hybridized carbons (Fsp3) is 0.429. The molecule has 0 saturated carbocycles. The molecule has 0 unspecified atom stereocenters. The Hall–Kier alpha value is -3.23. The van der Waals surface area contributed by atoms with Gasteiger partial charge in [0.1, 0.15) is 18.0 Å². The van der Waals surface area contributed by atoms with Crippen molar-refractivity contribution in [2.45, 2.75) is 13.8 Å². The Bertz CT molecular complexity index is 867. The molecule has 1 aliphatic heterocycles. The molecule has 9 heteroatoms. The van der Waals surface area contributed by atoms with Crippen LogP contribution in [0.25, 0.3) is 0 Å². The smallest absolute Gasteiger partial charge is 0.251 e. The second-order valence-corrected chi connectivity index (χ2v) is 7.48. The summed E-state index contributed by atoms with van der Waals surface area (Å²) in [6.45, 7) is 6.92. The predicted molar refractivity (Wildman–Crippen MR) is 110 cm³/mol. The van der Waals surface area contributed by atoms with Gasteiger partial charge in [0.15, 0.2) is 0 Å². The van der Waals surface area contributed by atoms with Crippen molar-refractivity contribution < 1.29 is 18.7 Å². The second kappa shape index (κ2) is 10.00. The molecule has 1 saturated heterocycles. The van der Waals surface area contributed by atoms with Crippen LogP contribution in [0.4, 0.5) is 10.2 Å². The highest BCUT2D eigenvalue weighted by Gasteiger charge is 2.22. The van der Waals surface area contributed by atoms with Crippen LogP contribution in [0.5, 0.6) is 5.88 Å². The molecule has 0 bridgehead atoms. The van der Waals surface area contributed by atoms with Crippen molar-refractivity contribution in [2.24, 2.45) is 5.92 Å². The van der Waals surface area contributed by atoms with Gasteiger partial charge in [-0.1, -0.05) is 13.8 Å². The highest BCUT2D eigenvalue weighted by molar-refractivity contribution is 5.96. The first kappa shape index (κ1) is 21.5. The molecule has 30 heavy (non-hydrogen) atoms. The highest BCUT2D eigenvalue weighted by atomic mass is 19.1. The van der Waals surface area contributed by atoms with E-state index in [1.165, 1.54) is 30.6 Å². The zero-order chi connectivity index (χ0) is 21.5.